The van der Waals surface area contributed by atoms with Gasteiger partial charge in [-0.15, -0.1) is 0 Å². The van der Waals surface area contributed by atoms with E-state index in [1.54, 1.807) is 12.4 Å². The molecule has 0 bridgehead atoms. The molecule has 0 aliphatic rings. The molecule has 5 heteroatoms. The number of aromatic amines is 1. The van der Waals surface area contributed by atoms with Gasteiger partial charge in [-0.3, -0.25) is 4.79 Å². The van der Waals surface area contributed by atoms with Crippen molar-refractivity contribution in [1.29, 1.82) is 0 Å². The van der Waals surface area contributed by atoms with Crippen LogP contribution in [0.4, 0.5) is 5.69 Å². The maximum atomic E-state index is 11.4. The monoisotopic (exact) mass is 231 g/mol. The molecule has 1 aromatic heterocycles. The molecule has 0 unspecified atom stereocenters. The molecule has 0 aliphatic heterocycles. The van der Waals surface area contributed by atoms with Crippen molar-refractivity contribution in [2.24, 2.45) is 0 Å². The second kappa shape index (κ2) is 5.27. The highest BCUT2D eigenvalue weighted by molar-refractivity contribution is 5.92. The summed E-state index contributed by atoms with van der Waals surface area (Å²) >= 11 is 0. The van der Waals surface area contributed by atoms with Gasteiger partial charge >= 0.3 is 0 Å². The molecule has 2 rings (SSSR count). The average Bonchev–Trinajstić information content (AvgIpc) is 2.83. The lowest BCUT2D eigenvalue weighted by molar-refractivity contribution is -0.119. The van der Waals surface area contributed by atoms with E-state index in [0.29, 0.717) is 0 Å². The van der Waals surface area contributed by atoms with Crippen molar-refractivity contribution < 1.29 is 9.53 Å². The number of benzene rings is 1. The second-order valence-electron chi connectivity index (χ2n) is 3.50. The highest BCUT2D eigenvalue weighted by atomic mass is 16.5. The summed E-state index contributed by atoms with van der Waals surface area (Å²) in [7, 11) is 1.48. The number of imidazole rings is 1. The minimum absolute atomic E-state index is 0.0466. The number of rotatable bonds is 4. The number of hydrogen-bond donors (Lipinski definition) is 2. The SMILES string of the molecule is COCC(=O)Nc1cccc(-c2ncc[nH]2)c1. The van der Waals surface area contributed by atoms with Crippen LogP contribution in [0.25, 0.3) is 11.4 Å². The average molecular weight is 231 g/mol. The molecular formula is C12H13N3O2. The Kier molecular flexibility index (Phi) is 3.52. The highest BCUT2D eigenvalue weighted by Gasteiger charge is 2.04. The van der Waals surface area contributed by atoms with Crippen molar-refractivity contribution >= 4 is 11.6 Å². The molecular weight excluding hydrogens is 218 g/mol. The second-order valence-corrected chi connectivity index (χ2v) is 3.50. The number of anilines is 1. The number of ether oxygens (including phenoxy) is 1. The van der Waals surface area contributed by atoms with Crippen molar-refractivity contribution in [2.75, 3.05) is 19.0 Å². The van der Waals surface area contributed by atoms with Crippen molar-refractivity contribution in [3.05, 3.63) is 36.7 Å². The maximum Gasteiger partial charge on any atom is 0.250 e. The molecule has 0 saturated heterocycles. The van der Waals surface area contributed by atoms with Crippen molar-refractivity contribution in [3.63, 3.8) is 0 Å². The van der Waals surface area contributed by atoms with Crippen LogP contribution >= 0.6 is 0 Å². The topological polar surface area (TPSA) is 67.0 Å². The Hall–Kier alpha value is -2.14. The first kappa shape index (κ1) is 11.3. The predicted octanol–water partition coefficient (Wildman–Crippen LogP) is 1.66. The van der Waals surface area contributed by atoms with E-state index in [-0.39, 0.29) is 12.5 Å². The number of carbonyl (C=O) groups excluding carboxylic acids is 1. The van der Waals surface area contributed by atoms with Gasteiger partial charge in [-0.2, -0.15) is 0 Å². The van der Waals surface area contributed by atoms with E-state index in [9.17, 15) is 4.79 Å². The Labute approximate surface area is 98.8 Å². The molecule has 0 saturated carbocycles. The number of amides is 1. The van der Waals surface area contributed by atoms with Gasteiger partial charge in [-0.25, -0.2) is 4.98 Å². The molecule has 1 amide bonds. The zero-order chi connectivity index (χ0) is 12.1. The van der Waals surface area contributed by atoms with Gasteiger partial charge in [0.05, 0.1) is 0 Å². The molecule has 0 spiro atoms. The molecule has 2 N–H and O–H groups in total. The summed E-state index contributed by atoms with van der Waals surface area (Å²) in [6.07, 6.45) is 3.44. The highest BCUT2D eigenvalue weighted by Crippen LogP contribution is 2.18. The predicted molar refractivity (Wildman–Crippen MR) is 64.5 cm³/mol. The molecule has 0 radical (unpaired) electrons. The zero-order valence-electron chi connectivity index (χ0n) is 9.43. The van der Waals surface area contributed by atoms with E-state index >= 15 is 0 Å². The first-order valence-corrected chi connectivity index (χ1v) is 5.18. The standard InChI is InChI=1S/C12H13N3O2/c1-17-8-11(16)15-10-4-2-3-9(7-10)12-13-5-6-14-12/h2-7H,8H2,1H3,(H,13,14)(H,15,16). The normalized spacial score (nSPS) is 10.2. The van der Waals surface area contributed by atoms with Crippen LogP contribution in [0, 0.1) is 0 Å². The number of nitrogens with zero attached hydrogens (tertiary/aromatic N) is 1. The molecule has 0 fully saturated rings. The van der Waals surface area contributed by atoms with Gasteiger partial charge in [0, 0.05) is 30.8 Å². The summed E-state index contributed by atoms with van der Waals surface area (Å²) in [5.41, 5.74) is 1.64. The number of aromatic nitrogens is 2. The van der Waals surface area contributed by atoms with Crippen LogP contribution in [0.1, 0.15) is 0 Å². The molecule has 5 nitrogen and oxygen atoms in total. The van der Waals surface area contributed by atoms with Crippen LogP contribution in [0.15, 0.2) is 36.7 Å². The summed E-state index contributed by atoms with van der Waals surface area (Å²) in [6, 6.07) is 7.46. The number of H-pyrrole nitrogens is 1. The fourth-order valence-electron chi connectivity index (χ4n) is 1.50. The Morgan fingerprint density at radius 2 is 2.41 bits per heavy atom. The maximum absolute atomic E-state index is 11.4. The Balaban J connectivity index is 2.15. The van der Waals surface area contributed by atoms with Gasteiger partial charge in [-0.1, -0.05) is 12.1 Å². The summed E-state index contributed by atoms with van der Waals surface area (Å²) in [4.78, 5) is 18.5. The van der Waals surface area contributed by atoms with Crippen molar-refractivity contribution in [2.45, 2.75) is 0 Å². The number of methoxy groups -OCH3 is 1. The third-order valence-corrected chi connectivity index (χ3v) is 2.19. The molecule has 88 valence electrons. The molecule has 17 heavy (non-hydrogen) atoms. The first-order valence-electron chi connectivity index (χ1n) is 5.18. The quantitative estimate of drug-likeness (QED) is 0.841. The fourth-order valence-corrected chi connectivity index (χ4v) is 1.50. The first-order chi connectivity index (χ1) is 8.29. The molecule has 1 heterocycles. The van der Waals surface area contributed by atoms with E-state index < -0.39 is 0 Å². The van der Waals surface area contributed by atoms with E-state index in [2.05, 4.69) is 15.3 Å². The van der Waals surface area contributed by atoms with E-state index in [1.165, 1.54) is 7.11 Å². The minimum Gasteiger partial charge on any atom is -0.375 e. The molecule has 2 aromatic rings. The summed E-state index contributed by atoms with van der Waals surface area (Å²) in [5.74, 6) is 0.594. The van der Waals surface area contributed by atoms with E-state index in [0.717, 1.165) is 17.1 Å². The lowest BCUT2D eigenvalue weighted by Gasteiger charge is -2.05. The molecule has 1 aromatic carbocycles. The van der Waals surface area contributed by atoms with Gasteiger partial charge in [0.2, 0.25) is 5.91 Å². The van der Waals surface area contributed by atoms with Gasteiger partial charge in [0.1, 0.15) is 12.4 Å². The minimum atomic E-state index is -0.177. The summed E-state index contributed by atoms with van der Waals surface area (Å²) < 4.78 is 4.75. The Bertz CT molecular complexity index is 494. The summed E-state index contributed by atoms with van der Waals surface area (Å²) in [6.45, 7) is 0.0466. The van der Waals surface area contributed by atoms with Gasteiger partial charge < -0.3 is 15.0 Å². The number of hydrogen-bond acceptors (Lipinski definition) is 3. The van der Waals surface area contributed by atoms with E-state index in [4.69, 9.17) is 4.74 Å². The molecule has 0 aliphatic carbocycles. The summed E-state index contributed by atoms with van der Waals surface area (Å²) in [5, 5.41) is 2.74. The van der Waals surface area contributed by atoms with Crippen LogP contribution < -0.4 is 5.32 Å². The van der Waals surface area contributed by atoms with Gasteiger partial charge in [-0.05, 0) is 12.1 Å². The van der Waals surface area contributed by atoms with Crippen LogP contribution in [0.5, 0.6) is 0 Å². The molecule has 0 atom stereocenters. The van der Waals surface area contributed by atoms with Crippen LogP contribution in [0.3, 0.4) is 0 Å². The third kappa shape index (κ3) is 2.92. The van der Waals surface area contributed by atoms with Crippen LogP contribution in [-0.4, -0.2) is 29.6 Å². The lowest BCUT2D eigenvalue weighted by atomic mass is 10.2. The van der Waals surface area contributed by atoms with Crippen LogP contribution in [-0.2, 0) is 9.53 Å². The van der Waals surface area contributed by atoms with Crippen molar-refractivity contribution in [3.8, 4) is 11.4 Å². The largest absolute Gasteiger partial charge is 0.375 e. The van der Waals surface area contributed by atoms with Gasteiger partial charge in [0.15, 0.2) is 0 Å². The smallest absolute Gasteiger partial charge is 0.250 e. The Morgan fingerprint density at radius 1 is 1.53 bits per heavy atom. The Morgan fingerprint density at radius 3 is 3.12 bits per heavy atom. The van der Waals surface area contributed by atoms with Gasteiger partial charge in [0.25, 0.3) is 0 Å². The zero-order valence-corrected chi connectivity index (χ0v) is 9.43. The van der Waals surface area contributed by atoms with Crippen molar-refractivity contribution in [1.82, 2.24) is 9.97 Å². The van der Waals surface area contributed by atoms with E-state index in [1.807, 2.05) is 24.3 Å². The number of carbonyl (C=O) groups is 1. The fraction of sp³-hybridized carbons (Fsp3) is 0.167. The van der Waals surface area contributed by atoms with Crippen LogP contribution in [0.2, 0.25) is 0 Å². The number of nitrogens with one attached hydrogen (secondary N) is 2. The lowest BCUT2D eigenvalue weighted by Crippen LogP contribution is -2.16. The third-order valence-electron chi connectivity index (χ3n) is 2.19.